The molecular weight excluding hydrogens is 574 g/mol. The number of primary amides is 1. The van der Waals surface area contributed by atoms with Gasteiger partial charge in [0.1, 0.15) is 17.8 Å². The lowest BCUT2D eigenvalue weighted by Crippen LogP contribution is -2.61. The third-order valence-electron chi connectivity index (χ3n) is 10.3. The Kier molecular flexibility index (Phi) is 10.7. The van der Waals surface area contributed by atoms with Crippen molar-refractivity contribution in [3.63, 3.8) is 0 Å². The number of phenolic OH excluding ortho intramolecular Hbond substituents is 1. The molecule has 3 aliphatic carbocycles. The molecule has 5 amide bonds. The molecule has 1 heterocycles. The summed E-state index contributed by atoms with van der Waals surface area (Å²) < 4.78 is 0. The maximum Gasteiger partial charge on any atom is 0.315 e. The van der Waals surface area contributed by atoms with Crippen LogP contribution in [0.5, 0.6) is 5.75 Å². The predicted octanol–water partition coefficient (Wildman–Crippen LogP) is 3.22. The maximum absolute atomic E-state index is 14.2. The van der Waals surface area contributed by atoms with Crippen molar-refractivity contribution in [3.05, 3.63) is 29.8 Å². The lowest BCUT2D eigenvalue weighted by atomic mass is 9.77. The topological polar surface area (TPSA) is 171 Å². The first kappa shape index (κ1) is 32.8. The van der Waals surface area contributed by atoms with Gasteiger partial charge in [-0.25, -0.2) is 4.79 Å². The summed E-state index contributed by atoms with van der Waals surface area (Å²) in [5, 5.41) is 19.1. The fourth-order valence-corrected chi connectivity index (χ4v) is 7.74. The Morgan fingerprint density at radius 2 is 1.62 bits per heavy atom. The van der Waals surface area contributed by atoms with Crippen molar-refractivity contribution in [2.75, 3.05) is 6.54 Å². The number of rotatable bonds is 12. The number of nitrogens with zero attached hydrogens (tertiary/aromatic N) is 1. The van der Waals surface area contributed by atoms with E-state index in [9.17, 15) is 29.1 Å². The summed E-state index contributed by atoms with van der Waals surface area (Å²) in [4.78, 5) is 67.2. The third kappa shape index (κ3) is 8.55. The van der Waals surface area contributed by atoms with Crippen LogP contribution in [0.25, 0.3) is 0 Å². The molecule has 1 saturated heterocycles. The number of phenols is 1. The van der Waals surface area contributed by atoms with E-state index in [-0.39, 0.29) is 23.5 Å². The first-order chi connectivity index (χ1) is 21.6. The van der Waals surface area contributed by atoms with E-state index in [4.69, 9.17) is 5.73 Å². The summed E-state index contributed by atoms with van der Waals surface area (Å²) in [5.74, 6) is -2.21. The van der Waals surface area contributed by atoms with Crippen LogP contribution in [0.3, 0.4) is 0 Å². The number of hydrogen-bond acceptors (Lipinski definition) is 6. The van der Waals surface area contributed by atoms with Gasteiger partial charge < -0.3 is 31.7 Å². The van der Waals surface area contributed by atoms with Gasteiger partial charge in [0.25, 0.3) is 5.91 Å². The number of carbonyl (C=O) groups excluding carboxylic acids is 5. The SMILES string of the molecule is NC(=O)C(=O)C(CC1CC1)NC(=O)[C@@H]1CCCN1C(=O)[C@@H](NC(=O)NC1(Cc2cccc(O)c2)CCCCC1)C1CCCCC1. The molecular formula is C34H49N5O6. The van der Waals surface area contributed by atoms with E-state index in [1.165, 1.54) is 0 Å². The summed E-state index contributed by atoms with van der Waals surface area (Å²) in [6.07, 6.45) is 13.2. The van der Waals surface area contributed by atoms with Gasteiger partial charge in [-0.15, -0.1) is 0 Å². The Bertz CT molecular complexity index is 1250. The van der Waals surface area contributed by atoms with E-state index >= 15 is 0 Å². The van der Waals surface area contributed by atoms with Crippen LogP contribution in [-0.2, 0) is 25.6 Å². The molecule has 0 radical (unpaired) electrons. The summed E-state index contributed by atoms with van der Waals surface area (Å²) in [6.45, 7) is 0.377. The fourth-order valence-electron chi connectivity index (χ4n) is 7.74. The molecule has 6 N–H and O–H groups in total. The summed E-state index contributed by atoms with van der Waals surface area (Å²) >= 11 is 0. The number of urea groups is 1. The third-order valence-corrected chi connectivity index (χ3v) is 10.3. The first-order valence-corrected chi connectivity index (χ1v) is 17.0. The van der Waals surface area contributed by atoms with Crippen LogP contribution >= 0.6 is 0 Å². The zero-order valence-corrected chi connectivity index (χ0v) is 26.2. The van der Waals surface area contributed by atoms with E-state index in [0.29, 0.717) is 32.2 Å². The van der Waals surface area contributed by atoms with E-state index in [1.807, 2.05) is 6.07 Å². The van der Waals surface area contributed by atoms with E-state index in [0.717, 1.165) is 82.6 Å². The minimum absolute atomic E-state index is 0.0475. The number of benzene rings is 1. The van der Waals surface area contributed by atoms with Gasteiger partial charge in [-0.3, -0.25) is 19.2 Å². The van der Waals surface area contributed by atoms with Gasteiger partial charge in [0.15, 0.2) is 0 Å². The molecule has 1 aliphatic heterocycles. The highest BCUT2D eigenvalue weighted by atomic mass is 16.3. The molecule has 1 unspecified atom stereocenters. The number of carbonyl (C=O) groups is 5. The highest BCUT2D eigenvalue weighted by Crippen LogP contribution is 2.35. The molecule has 1 aromatic rings. The normalized spacial score (nSPS) is 23.0. The predicted molar refractivity (Wildman–Crippen MR) is 168 cm³/mol. The molecule has 3 saturated carbocycles. The first-order valence-electron chi connectivity index (χ1n) is 17.0. The quantitative estimate of drug-likeness (QED) is 0.224. The molecule has 0 spiro atoms. The van der Waals surface area contributed by atoms with Crippen LogP contribution < -0.4 is 21.7 Å². The highest BCUT2D eigenvalue weighted by Gasteiger charge is 2.43. The molecule has 4 aliphatic rings. The molecule has 0 aromatic heterocycles. The number of nitrogens with one attached hydrogen (secondary N) is 3. The summed E-state index contributed by atoms with van der Waals surface area (Å²) in [5.41, 5.74) is 5.72. The molecule has 1 aromatic carbocycles. The van der Waals surface area contributed by atoms with Gasteiger partial charge in [0.2, 0.25) is 17.6 Å². The van der Waals surface area contributed by atoms with Crippen molar-refractivity contribution < 1.29 is 29.1 Å². The molecule has 246 valence electrons. The van der Waals surface area contributed by atoms with Crippen molar-refractivity contribution in [2.45, 2.75) is 126 Å². The van der Waals surface area contributed by atoms with Gasteiger partial charge in [-0.2, -0.15) is 0 Å². The minimum atomic E-state index is -1.08. The van der Waals surface area contributed by atoms with Crippen molar-refractivity contribution in [1.29, 1.82) is 0 Å². The van der Waals surface area contributed by atoms with Crippen molar-refractivity contribution in [2.24, 2.45) is 17.6 Å². The average Bonchev–Trinajstić information content (AvgIpc) is 3.70. The standard InChI is InChI=1S/C34H49N5O6/c35-30(42)29(41)26(20-22-14-15-22)36-31(43)27-13-8-18-39(27)32(44)28(24-10-3-1-4-11-24)37-33(45)38-34(16-5-2-6-17-34)21-23-9-7-12-25(40)19-23/h7,9,12,19,22,24,26-28,40H,1-6,8,10-11,13-18,20-21H2,(H2,35,42)(H,36,43)(H2,37,38,45)/t26?,27-,28-/m0/s1. The van der Waals surface area contributed by atoms with Gasteiger partial charge >= 0.3 is 6.03 Å². The maximum atomic E-state index is 14.2. The number of Topliss-reactive ketones (excluding diaryl/α,β-unsaturated/α-hetero) is 1. The summed E-state index contributed by atoms with van der Waals surface area (Å²) in [6, 6.07) is 4.17. The summed E-state index contributed by atoms with van der Waals surface area (Å²) in [7, 11) is 0. The molecule has 4 fully saturated rings. The van der Waals surface area contributed by atoms with E-state index < -0.39 is 47.3 Å². The molecule has 3 atom stereocenters. The van der Waals surface area contributed by atoms with Gasteiger partial charge in [0, 0.05) is 12.1 Å². The monoisotopic (exact) mass is 623 g/mol. The Hall–Kier alpha value is -3.63. The number of aromatic hydroxyl groups is 1. The lowest BCUT2D eigenvalue weighted by Gasteiger charge is -2.40. The Morgan fingerprint density at radius 3 is 2.29 bits per heavy atom. The van der Waals surface area contributed by atoms with Crippen molar-refractivity contribution in [1.82, 2.24) is 20.9 Å². The van der Waals surface area contributed by atoms with Crippen molar-refractivity contribution >= 4 is 29.5 Å². The Balaban J connectivity index is 1.30. The number of amides is 5. The highest BCUT2D eigenvalue weighted by molar-refractivity contribution is 6.37. The van der Waals surface area contributed by atoms with Crippen molar-refractivity contribution in [3.8, 4) is 5.75 Å². The molecule has 0 bridgehead atoms. The Labute approximate surface area is 265 Å². The zero-order valence-electron chi connectivity index (χ0n) is 26.2. The smallest absolute Gasteiger partial charge is 0.315 e. The second-order valence-electron chi connectivity index (χ2n) is 13.8. The average molecular weight is 624 g/mol. The van der Waals surface area contributed by atoms with E-state index in [2.05, 4.69) is 16.0 Å². The number of likely N-dealkylation sites (tertiary alicyclic amines) is 1. The molecule has 11 nitrogen and oxygen atoms in total. The van der Waals surface area contributed by atoms with Gasteiger partial charge in [-0.05, 0) is 80.9 Å². The lowest BCUT2D eigenvalue weighted by molar-refractivity contribution is -0.143. The Morgan fingerprint density at radius 1 is 0.911 bits per heavy atom. The van der Waals surface area contributed by atoms with Crippen LogP contribution in [0, 0.1) is 11.8 Å². The van der Waals surface area contributed by atoms with Crippen LogP contribution in [-0.4, -0.2) is 69.8 Å². The van der Waals surface area contributed by atoms with Gasteiger partial charge in [0.05, 0.1) is 6.04 Å². The van der Waals surface area contributed by atoms with Crippen LogP contribution in [0.1, 0.15) is 102 Å². The zero-order chi connectivity index (χ0) is 32.0. The molecule has 5 rings (SSSR count). The van der Waals surface area contributed by atoms with E-state index in [1.54, 1.807) is 23.1 Å². The van der Waals surface area contributed by atoms with Crippen LogP contribution in [0.4, 0.5) is 4.79 Å². The number of hydrogen-bond donors (Lipinski definition) is 5. The molecule has 11 heteroatoms. The second-order valence-corrected chi connectivity index (χ2v) is 13.8. The minimum Gasteiger partial charge on any atom is -0.508 e. The molecule has 45 heavy (non-hydrogen) atoms. The van der Waals surface area contributed by atoms with Crippen LogP contribution in [0.15, 0.2) is 24.3 Å². The number of nitrogens with two attached hydrogens (primary N) is 1. The second kappa shape index (κ2) is 14.6. The largest absolute Gasteiger partial charge is 0.508 e. The number of ketones is 1. The van der Waals surface area contributed by atoms with Gasteiger partial charge in [-0.1, -0.05) is 63.5 Å². The van der Waals surface area contributed by atoms with Crippen LogP contribution in [0.2, 0.25) is 0 Å². The fraction of sp³-hybridized carbons (Fsp3) is 0.676.